The smallest absolute Gasteiger partial charge is 0.191 e. The number of nitrogens with one attached hydrogen (secondary N) is 2. The van der Waals surface area contributed by atoms with Crippen molar-refractivity contribution in [3.8, 4) is 11.5 Å². The number of halogens is 1. The second-order valence-corrected chi connectivity index (χ2v) is 7.23. The Balaban J connectivity index is 0.00000256. The number of hydrogen-bond acceptors (Lipinski definition) is 5. The van der Waals surface area contributed by atoms with E-state index in [4.69, 9.17) is 23.6 Å². The molecule has 2 aliphatic heterocycles. The number of ether oxygens (including phenoxy) is 3. The van der Waals surface area contributed by atoms with Gasteiger partial charge in [-0.3, -0.25) is 0 Å². The van der Waals surface area contributed by atoms with Crippen LogP contribution in [-0.4, -0.2) is 45.0 Å². The van der Waals surface area contributed by atoms with Crippen LogP contribution >= 0.6 is 24.0 Å². The fourth-order valence-corrected chi connectivity index (χ4v) is 3.49. The zero-order valence-corrected chi connectivity index (χ0v) is 19.4. The summed E-state index contributed by atoms with van der Waals surface area (Å²) < 4.78 is 22.8. The van der Waals surface area contributed by atoms with E-state index in [1.807, 2.05) is 30.3 Å². The van der Waals surface area contributed by atoms with E-state index in [-0.39, 0.29) is 30.1 Å². The van der Waals surface area contributed by atoms with E-state index < -0.39 is 0 Å². The lowest BCUT2D eigenvalue weighted by molar-refractivity contribution is 0.114. The summed E-state index contributed by atoms with van der Waals surface area (Å²) in [5, 5.41) is 6.81. The van der Waals surface area contributed by atoms with Crippen LogP contribution in [-0.2, 0) is 17.7 Å². The first kappa shape index (κ1) is 22.7. The van der Waals surface area contributed by atoms with Crippen LogP contribution in [0.25, 0.3) is 0 Å². The molecule has 1 aromatic carbocycles. The van der Waals surface area contributed by atoms with Gasteiger partial charge in [-0.05, 0) is 31.0 Å². The molecule has 164 valence electrons. The Morgan fingerprint density at radius 3 is 2.80 bits per heavy atom. The molecule has 2 aliphatic rings. The summed E-state index contributed by atoms with van der Waals surface area (Å²) in [5.74, 6) is 3.33. The van der Waals surface area contributed by atoms with Crippen molar-refractivity contribution >= 4 is 29.9 Å². The number of furan rings is 1. The average molecular weight is 527 g/mol. The van der Waals surface area contributed by atoms with Gasteiger partial charge in [0.05, 0.1) is 32.1 Å². The maximum Gasteiger partial charge on any atom is 0.191 e. The molecule has 0 aliphatic carbocycles. The molecule has 0 saturated carbocycles. The highest BCUT2D eigenvalue weighted by atomic mass is 127. The number of fused-ring (bicyclic) bond motifs is 1. The maximum absolute atomic E-state index is 5.92. The van der Waals surface area contributed by atoms with E-state index >= 15 is 0 Å². The molecule has 1 unspecified atom stereocenters. The van der Waals surface area contributed by atoms with Crippen LogP contribution in [0.2, 0.25) is 0 Å². The highest BCUT2D eigenvalue weighted by molar-refractivity contribution is 14.0. The zero-order valence-electron chi connectivity index (χ0n) is 17.1. The van der Waals surface area contributed by atoms with Crippen molar-refractivity contribution in [3.05, 3.63) is 47.9 Å². The Morgan fingerprint density at radius 2 is 1.97 bits per heavy atom. The topological polar surface area (TPSA) is 77.3 Å². The van der Waals surface area contributed by atoms with Gasteiger partial charge in [0.2, 0.25) is 0 Å². The summed E-state index contributed by atoms with van der Waals surface area (Å²) in [4.78, 5) is 4.79. The van der Waals surface area contributed by atoms with Crippen LogP contribution in [0.15, 0.2) is 46.0 Å². The maximum atomic E-state index is 5.92. The SMILES string of the molecule is I.c1coc(CCNC(=NCc2cccc3c2OCCCO3)NCC2CCCO2)c1. The van der Waals surface area contributed by atoms with Crippen molar-refractivity contribution in [1.29, 1.82) is 0 Å². The van der Waals surface area contributed by atoms with Crippen LogP contribution < -0.4 is 20.1 Å². The molecule has 2 aromatic rings. The normalized spacial score (nSPS) is 18.4. The zero-order chi connectivity index (χ0) is 19.7. The Hall–Kier alpha value is -1.94. The third kappa shape index (κ3) is 6.53. The molecule has 3 heterocycles. The number of rotatable bonds is 7. The summed E-state index contributed by atoms with van der Waals surface area (Å²) >= 11 is 0. The van der Waals surface area contributed by atoms with Gasteiger partial charge >= 0.3 is 0 Å². The van der Waals surface area contributed by atoms with E-state index in [0.29, 0.717) is 19.8 Å². The van der Waals surface area contributed by atoms with Gasteiger partial charge in [0.15, 0.2) is 17.5 Å². The lowest BCUT2D eigenvalue weighted by Gasteiger charge is -2.16. The van der Waals surface area contributed by atoms with Gasteiger partial charge in [0.25, 0.3) is 0 Å². The van der Waals surface area contributed by atoms with Crippen molar-refractivity contribution in [2.45, 2.75) is 38.3 Å². The first-order valence-electron chi connectivity index (χ1n) is 10.4. The third-order valence-electron chi connectivity index (χ3n) is 5.03. The fraction of sp³-hybridized carbons (Fsp3) is 0.500. The van der Waals surface area contributed by atoms with Gasteiger partial charge in [0.1, 0.15) is 5.76 Å². The second kappa shape index (κ2) is 12.0. The molecular weight excluding hydrogens is 497 g/mol. The minimum atomic E-state index is 0. The fourth-order valence-electron chi connectivity index (χ4n) is 3.49. The number of para-hydroxylation sites is 1. The first-order chi connectivity index (χ1) is 14.4. The highest BCUT2D eigenvalue weighted by Gasteiger charge is 2.17. The lowest BCUT2D eigenvalue weighted by Crippen LogP contribution is -2.41. The van der Waals surface area contributed by atoms with Gasteiger partial charge in [-0.2, -0.15) is 0 Å². The highest BCUT2D eigenvalue weighted by Crippen LogP contribution is 2.33. The molecule has 4 rings (SSSR count). The van der Waals surface area contributed by atoms with Crippen molar-refractivity contribution in [3.63, 3.8) is 0 Å². The average Bonchev–Trinajstić information content (AvgIpc) is 3.40. The summed E-state index contributed by atoms with van der Waals surface area (Å²) in [7, 11) is 0. The summed E-state index contributed by atoms with van der Waals surface area (Å²) in [5.41, 5.74) is 1.02. The van der Waals surface area contributed by atoms with Gasteiger partial charge in [-0.15, -0.1) is 24.0 Å². The lowest BCUT2D eigenvalue weighted by atomic mass is 10.2. The van der Waals surface area contributed by atoms with Gasteiger partial charge < -0.3 is 29.3 Å². The summed E-state index contributed by atoms with van der Waals surface area (Å²) in [6.07, 6.45) is 5.84. The molecule has 1 atom stereocenters. The standard InChI is InChI=1S/C22H29N3O4.HI/c1-5-17(21-20(8-1)28-13-4-14-29-21)15-24-22(25-16-19-7-3-12-27-19)23-10-9-18-6-2-11-26-18;/h1-2,5-6,8,11,19H,3-4,7,9-10,12-16H2,(H2,23,24,25);1H. The Bertz CT molecular complexity index is 792. The number of hydrogen-bond donors (Lipinski definition) is 2. The predicted octanol–water partition coefficient (Wildman–Crippen LogP) is 3.52. The molecule has 0 amide bonds. The van der Waals surface area contributed by atoms with Crippen molar-refractivity contribution < 1.29 is 18.6 Å². The number of guanidine groups is 1. The molecule has 30 heavy (non-hydrogen) atoms. The summed E-state index contributed by atoms with van der Waals surface area (Å²) in [6, 6.07) is 9.86. The molecule has 8 heteroatoms. The third-order valence-corrected chi connectivity index (χ3v) is 5.03. The summed E-state index contributed by atoms with van der Waals surface area (Å²) in [6.45, 7) is 4.18. The van der Waals surface area contributed by atoms with Crippen molar-refractivity contribution in [2.24, 2.45) is 4.99 Å². The minimum absolute atomic E-state index is 0. The van der Waals surface area contributed by atoms with E-state index in [1.165, 1.54) is 0 Å². The Labute approximate surface area is 194 Å². The molecule has 0 bridgehead atoms. The quantitative estimate of drug-likeness (QED) is 0.326. The molecule has 0 spiro atoms. The van der Waals surface area contributed by atoms with Gasteiger partial charge in [-0.25, -0.2) is 4.99 Å². The monoisotopic (exact) mass is 527 g/mol. The predicted molar refractivity (Wildman–Crippen MR) is 126 cm³/mol. The Kier molecular flexibility index (Phi) is 9.13. The van der Waals surface area contributed by atoms with Crippen LogP contribution in [0.3, 0.4) is 0 Å². The van der Waals surface area contributed by atoms with E-state index in [9.17, 15) is 0 Å². The molecule has 0 radical (unpaired) electrons. The van der Waals surface area contributed by atoms with Crippen molar-refractivity contribution in [1.82, 2.24) is 10.6 Å². The molecular formula is C22H30IN3O4. The largest absolute Gasteiger partial charge is 0.490 e. The molecule has 1 saturated heterocycles. The minimum Gasteiger partial charge on any atom is -0.490 e. The van der Waals surface area contributed by atoms with E-state index in [1.54, 1.807) is 6.26 Å². The Morgan fingerprint density at radius 1 is 1.03 bits per heavy atom. The number of benzene rings is 1. The first-order valence-corrected chi connectivity index (χ1v) is 10.4. The van der Waals surface area contributed by atoms with Gasteiger partial charge in [-0.1, -0.05) is 12.1 Å². The van der Waals surface area contributed by atoms with Crippen LogP contribution in [0, 0.1) is 0 Å². The number of aliphatic imine (C=N–C) groups is 1. The molecule has 2 N–H and O–H groups in total. The van der Waals surface area contributed by atoms with Crippen LogP contribution in [0.1, 0.15) is 30.6 Å². The van der Waals surface area contributed by atoms with E-state index in [2.05, 4.69) is 10.6 Å². The van der Waals surface area contributed by atoms with Crippen LogP contribution in [0.5, 0.6) is 11.5 Å². The van der Waals surface area contributed by atoms with Crippen LogP contribution in [0.4, 0.5) is 0 Å². The molecule has 7 nitrogen and oxygen atoms in total. The van der Waals surface area contributed by atoms with Gasteiger partial charge in [0, 0.05) is 38.1 Å². The van der Waals surface area contributed by atoms with Crippen molar-refractivity contribution in [2.75, 3.05) is 32.9 Å². The second-order valence-electron chi connectivity index (χ2n) is 7.23. The molecule has 1 fully saturated rings. The number of nitrogens with zero attached hydrogens (tertiary/aromatic N) is 1. The molecule has 1 aromatic heterocycles. The van der Waals surface area contributed by atoms with E-state index in [0.717, 1.165) is 74.2 Å².